The number of benzene rings is 1. The Labute approximate surface area is 124 Å². The van der Waals surface area contributed by atoms with Crippen molar-refractivity contribution < 1.29 is 0 Å². The van der Waals surface area contributed by atoms with E-state index in [0.717, 1.165) is 11.3 Å². The highest BCUT2D eigenvalue weighted by Gasteiger charge is 2.14. The Morgan fingerprint density at radius 1 is 1.29 bits per heavy atom. The summed E-state index contributed by atoms with van der Waals surface area (Å²) in [6.07, 6.45) is 0.705. The van der Waals surface area contributed by atoms with Crippen LogP contribution in [0.25, 0.3) is 0 Å². The summed E-state index contributed by atoms with van der Waals surface area (Å²) >= 11 is 0. The highest BCUT2D eigenvalue weighted by atomic mass is 16.1. The van der Waals surface area contributed by atoms with Gasteiger partial charge in [0.1, 0.15) is 11.6 Å². The average Bonchev–Trinajstić information content (AvgIpc) is 2.45. The molecular weight excluding hydrogens is 264 g/mol. The van der Waals surface area contributed by atoms with Crippen LogP contribution in [0.5, 0.6) is 0 Å². The van der Waals surface area contributed by atoms with Crippen molar-refractivity contribution in [3.8, 4) is 0 Å². The molecule has 0 bridgehead atoms. The molecule has 2 rings (SSSR count). The first kappa shape index (κ1) is 15.1. The maximum Gasteiger partial charge on any atom is 0.252 e. The first-order valence-corrected chi connectivity index (χ1v) is 7.21. The molecule has 21 heavy (non-hydrogen) atoms. The summed E-state index contributed by atoms with van der Waals surface area (Å²) in [7, 11) is 0. The summed E-state index contributed by atoms with van der Waals surface area (Å²) in [5, 5.41) is 0. The second-order valence-corrected chi connectivity index (χ2v) is 5.37. The van der Waals surface area contributed by atoms with E-state index >= 15 is 0 Å². The number of nitrogens with one attached hydrogen (secondary N) is 1. The molecule has 5 nitrogen and oxygen atoms in total. The summed E-state index contributed by atoms with van der Waals surface area (Å²) in [6, 6.07) is 9.56. The quantitative estimate of drug-likeness (QED) is 0.827. The molecule has 5 heteroatoms. The normalized spacial score (nSPS) is 10.9. The average molecular weight is 286 g/mol. The lowest BCUT2D eigenvalue weighted by Crippen LogP contribution is -2.32. The number of nitrogen functional groups attached to an aromatic ring is 1. The summed E-state index contributed by atoms with van der Waals surface area (Å²) < 4.78 is 0. The third kappa shape index (κ3) is 3.84. The van der Waals surface area contributed by atoms with Gasteiger partial charge in [-0.25, -0.2) is 4.98 Å². The summed E-state index contributed by atoms with van der Waals surface area (Å²) in [4.78, 5) is 21.2. The van der Waals surface area contributed by atoms with E-state index in [4.69, 9.17) is 5.73 Å². The number of rotatable bonds is 5. The van der Waals surface area contributed by atoms with Crippen molar-refractivity contribution in [3.05, 3.63) is 52.1 Å². The molecule has 0 fully saturated rings. The molecule has 0 unspecified atom stereocenters. The number of aromatic nitrogens is 2. The summed E-state index contributed by atoms with van der Waals surface area (Å²) in [5.74, 6) is 1.42. The fourth-order valence-electron chi connectivity index (χ4n) is 2.16. The van der Waals surface area contributed by atoms with Gasteiger partial charge in [-0.2, -0.15) is 0 Å². The lowest BCUT2D eigenvalue weighted by molar-refractivity contribution is 0.666. The molecule has 0 aliphatic heterocycles. The van der Waals surface area contributed by atoms with E-state index in [0.29, 0.717) is 24.6 Å². The van der Waals surface area contributed by atoms with Gasteiger partial charge in [0.2, 0.25) is 0 Å². The van der Waals surface area contributed by atoms with Crippen LogP contribution in [0.3, 0.4) is 0 Å². The van der Waals surface area contributed by atoms with Crippen molar-refractivity contribution in [2.75, 3.05) is 10.6 Å². The van der Waals surface area contributed by atoms with Crippen LogP contribution in [0.2, 0.25) is 0 Å². The third-order valence-corrected chi connectivity index (χ3v) is 3.36. The zero-order valence-corrected chi connectivity index (χ0v) is 12.8. The van der Waals surface area contributed by atoms with Crippen LogP contribution in [0, 0.1) is 0 Å². The SMILES string of the molecule is CCc1nc(N(Cc2ccc(N)cc2)C(C)C)cc(=O)[nH]1. The first-order valence-electron chi connectivity index (χ1n) is 7.21. The number of hydrogen-bond donors (Lipinski definition) is 2. The first-order chi connectivity index (χ1) is 9.99. The van der Waals surface area contributed by atoms with Gasteiger partial charge in [0.25, 0.3) is 5.56 Å². The van der Waals surface area contributed by atoms with E-state index in [1.807, 2.05) is 31.2 Å². The lowest BCUT2D eigenvalue weighted by atomic mass is 10.1. The molecule has 0 aliphatic rings. The topological polar surface area (TPSA) is 75.0 Å². The van der Waals surface area contributed by atoms with Gasteiger partial charge in [0, 0.05) is 30.8 Å². The van der Waals surface area contributed by atoms with Gasteiger partial charge in [-0.3, -0.25) is 4.79 Å². The molecule has 112 valence electrons. The van der Waals surface area contributed by atoms with Crippen molar-refractivity contribution in [2.24, 2.45) is 0 Å². The zero-order chi connectivity index (χ0) is 15.4. The molecule has 0 saturated heterocycles. The van der Waals surface area contributed by atoms with Crippen LogP contribution in [0.4, 0.5) is 11.5 Å². The van der Waals surface area contributed by atoms with Gasteiger partial charge in [-0.1, -0.05) is 19.1 Å². The molecule has 0 spiro atoms. The van der Waals surface area contributed by atoms with E-state index in [9.17, 15) is 4.79 Å². The van der Waals surface area contributed by atoms with E-state index in [1.54, 1.807) is 6.07 Å². The summed E-state index contributed by atoms with van der Waals surface area (Å²) in [6.45, 7) is 6.84. The smallest absolute Gasteiger partial charge is 0.252 e. The fourth-order valence-corrected chi connectivity index (χ4v) is 2.16. The maximum absolute atomic E-state index is 11.8. The van der Waals surface area contributed by atoms with Gasteiger partial charge < -0.3 is 15.6 Å². The molecule has 0 atom stereocenters. The molecule has 1 heterocycles. The standard InChI is InChI=1S/C16H22N4O/c1-4-14-18-15(9-16(21)19-14)20(11(2)3)10-12-5-7-13(17)8-6-12/h5-9,11H,4,10,17H2,1-3H3,(H,18,19,21). The molecule has 1 aromatic carbocycles. The number of nitrogens with two attached hydrogens (primary N) is 1. The van der Waals surface area contributed by atoms with E-state index in [2.05, 4.69) is 28.7 Å². The number of anilines is 2. The Morgan fingerprint density at radius 3 is 2.52 bits per heavy atom. The largest absolute Gasteiger partial charge is 0.399 e. The molecular formula is C16H22N4O. The second-order valence-electron chi connectivity index (χ2n) is 5.37. The number of aromatic amines is 1. The molecule has 3 N–H and O–H groups in total. The lowest BCUT2D eigenvalue weighted by Gasteiger charge is -2.28. The van der Waals surface area contributed by atoms with Crippen molar-refractivity contribution in [1.82, 2.24) is 9.97 Å². The number of aryl methyl sites for hydroxylation is 1. The van der Waals surface area contributed by atoms with Crippen LogP contribution in [-0.2, 0) is 13.0 Å². The van der Waals surface area contributed by atoms with Gasteiger partial charge in [0.05, 0.1) is 0 Å². The van der Waals surface area contributed by atoms with E-state index in [-0.39, 0.29) is 11.6 Å². The molecule has 1 aromatic heterocycles. The van der Waals surface area contributed by atoms with Crippen LogP contribution >= 0.6 is 0 Å². The van der Waals surface area contributed by atoms with Crippen molar-refractivity contribution in [1.29, 1.82) is 0 Å². The molecule has 0 radical (unpaired) electrons. The number of H-pyrrole nitrogens is 1. The number of hydrogen-bond acceptors (Lipinski definition) is 4. The Balaban J connectivity index is 2.32. The Bertz CT molecular complexity index is 646. The van der Waals surface area contributed by atoms with Crippen LogP contribution in [0.1, 0.15) is 32.2 Å². The van der Waals surface area contributed by atoms with E-state index < -0.39 is 0 Å². The molecule has 2 aromatic rings. The van der Waals surface area contributed by atoms with Gasteiger partial charge >= 0.3 is 0 Å². The minimum atomic E-state index is -0.111. The maximum atomic E-state index is 11.8. The monoisotopic (exact) mass is 286 g/mol. The summed E-state index contributed by atoms with van der Waals surface area (Å²) in [5.41, 5.74) is 7.49. The predicted octanol–water partition coefficient (Wildman–Crippen LogP) is 2.33. The second kappa shape index (κ2) is 6.43. The van der Waals surface area contributed by atoms with Gasteiger partial charge in [-0.05, 0) is 31.5 Å². The molecule has 0 amide bonds. The predicted molar refractivity (Wildman–Crippen MR) is 86.4 cm³/mol. The zero-order valence-electron chi connectivity index (χ0n) is 12.8. The van der Waals surface area contributed by atoms with Crippen LogP contribution in [0.15, 0.2) is 35.1 Å². The highest BCUT2D eigenvalue weighted by Crippen LogP contribution is 2.17. The third-order valence-electron chi connectivity index (χ3n) is 3.36. The number of nitrogens with zero attached hydrogens (tertiary/aromatic N) is 2. The fraction of sp³-hybridized carbons (Fsp3) is 0.375. The minimum absolute atomic E-state index is 0.111. The molecule has 0 aliphatic carbocycles. The van der Waals surface area contributed by atoms with Gasteiger partial charge in [-0.15, -0.1) is 0 Å². The molecule has 0 saturated carbocycles. The van der Waals surface area contributed by atoms with Crippen molar-refractivity contribution >= 4 is 11.5 Å². The van der Waals surface area contributed by atoms with Gasteiger partial charge in [0.15, 0.2) is 0 Å². The highest BCUT2D eigenvalue weighted by molar-refractivity contribution is 5.43. The van der Waals surface area contributed by atoms with Crippen LogP contribution < -0.4 is 16.2 Å². The van der Waals surface area contributed by atoms with Crippen LogP contribution in [-0.4, -0.2) is 16.0 Å². The Morgan fingerprint density at radius 2 is 1.95 bits per heavy atom. The minimum Gasteiger partial charge on any atom is -0.399 e. The van der Waals surface area contributed by atoms with Crippen molar-refractivity contribution in [2.45, 2.75) is 39.8 Å². The Hall–Kier alpha value is -2.30. The van der Waals surface area contributed by atoms with E-state index in [1.165, 1.54) is 0 Å². The Kier molecular flexibility index (Phi) is 4.62. The van der Waals surface area contributed by atoms with Crippen molar-refractivity contribution in [3.63, 3.8) is 0 Å².